The fraction of sp³-hybridized carbons (Fsp3) is 0.647. The molecule has 4 nitrogen and oxygen atoms in total. The molecule has 1 aliphatic heterocycles. The zero-order valence-electron chi connectivity index (χ0n) is 12.8. The summed E-state index contributed by atoms with van der Waals surface area (Å²) in [7, 11) is 0. The third-order valence-corrected chi connectivity index (χ3v) is 4.53. The summed E-state index contributed by atoms with van der Waals surface area (Å²) in [5, 5.41) is 10.1. The van der Waals surface area contributed by atoms with Crippen LogP contribution < -0.4 is 4.74 Å². The largest absolute Gasteiger partial charge is 0.491 e. The number of fused-ring (bicyclic) bond motifs is 1. The molecule has 0 amide bonds. The highest BCUT2D eigenvalue weighted by Crippen LogP contribution is 2.35. The van der Waals surface area contributed by atoms with E-state index in [1.807, 2.05) is 18.2 Å². The monoisotopic (exact) mass is 291 g/mol. The van der Waals surface area contributed by atoms with E-state index in [-0.39, 0.29) is 12.2 Å². The first-order valence-electron chi connectivity index (χ1n) is 8.04. The second kappa shape index (κ2) is 6.77. The van der Waals surface area contributed by atoms with Gasteiger partial charge in [0, 0.05) is 13.1 Å². The van der Waals surface area contributed by atoms with E-state index in [1.54, 1.807) is 0 Å². The summed E-state index contributed by atoms with van der Waals surface area (Å²) >= 11 is 0. The lowest BCUT2D eigenvalue weighted by Gasteiger charge is -2.32. The normalized spacial score (nSPS) is 26.4. The standard InChI is InChI=1S/C17H25NO3/c1-2-18-9-10-20-13(11-18)12-21-17-8-4-5-14-15(17)6-3-7-16(14)19/h4-5,8,13,16,19H,2-3,6-7,9-12H2,1H3. The minimum absolute atomic E-state index is 0.142. The fourth-order valence-electron chi connectivity index (χ4n) is 3.28. The molecule has 21 heavy (non-hydrogen) atoms. The van der Waals surface area contributed by atoms with Gasteiger partial charge in [-0.1, -0.05) is 19.1 Å². The van der Waals surface area contributed by atoms with Crippen LogP contribution in [-0.2, 0) is 11.2 Å². The number of hydrogen-bond donors (Lipinski definition) is 1. The number of ether oxygens (including phenoxy) is 2. The number of nitrogens with zero attached hydrogens (tertiary/aromatic N) is 1. The first kappa shape index (κ1) is 14.8. The number of rotatable bonds is 4. The molecule has 0 radical (unpaired) electrons. The molecule has 3 rings (SSSR count). The van der Waals surface area contributed by atoms with Crippen LogP contribution in [0.25, 0.3) is 0 Å². The highest BCUT2D eigenvalue weighted by Gasteiger charge is 2.23. The maximum atomic E-state index is 10.1. The van der Waals surface area contributed by atoms with E-state index in [9.17, 15) is 5.11 Å². The van der Waals surface area contributed by atoms with Gasteiger partial charge in [-0.05, 0) is 43.0 Å². The number of benzene rings is 1. The molecule has 0 bridgehead atoms. The van der Waals surface area contributed by atoms with Crippen LogP contribution in [0.15, 0.2) is 18.2 Å². The molecule has 0 aromatic heterocycles. The molecule has 1 saturated heterocycles. The number of hydrogen-bond acceptors (Lipinski definition) is 4. The number of likely N-dealkylation sites (N-methyl/N-ethyl adjacent to an activating group) is 1. The Balaban J connectivity index is 1.64. The Labute approximate surface area is 126 Å². The van der Waals surface area contributed by atoms with Crippen LogP contribution in [0.5, 0.6) is 5.75 Å². The van der Waals surface area contributed by atoms with Crippen molar-refractivity contribution < 1.29 is 14.6 Å². The van der Waals surface area contributed by atoms with Gasteiger partial charge in [0.2, 0.25) is 0 Å². The second-order valence-electron chi connectivity index (χ2n) is 5.93. The Morgan fingerprint density at radius 2 is 2.33 bits per heavy atom. The predicted molar refractivity (Wildman–Crippen MR) is 81.7 cm³/mol. The lowest BCUT2D eigenvalue weighted by Crippen LogP contribution is -2.44. The average Bonchev–Trinajstić information content (AvgIpc) is 2.53. The van der Waals surface area contributed by atoms with Gasteiger partial charge >= 0.3 is 0 Å². The maximum Gasteiger partial charge on any atom is 0.122 e. The summed E-state index contributed by atoms with van der Waals surface area (Å²) in [6, 6.07) is 6.00. The van der Waals surface area contributed by atoms with Gasteiger partial charge < -0.3 is 14.6 Å². The average molecular weight is 291 g/mol. The van der Waals surface area contributed by atoms with E-state index in [4.69, 9.17) is 9.47 Å². The van der Waals surface area contributed by atoms with Crippen molar-refractivity contribution in [2.24, 2.45) is 0 Å². The predicted octanol–water partition coefficient (Wildman–Crippen LogP) is 2.16. The Morgan fingerprint density at radius 1 is 1.43 bits per heavy atom. The summed E-state index contributed by atoms with van der Waals surface area (Å²) in [6.07, 6.45) is 2.68. The molecule has 2 aliphatic rings. The van der Waals surface area contributed by atoms with Gasteiger partial charge in [0.25, 0.3) is 0 Å². The summed E-state index contributed by atoms with van der Waals surface area (Å²) in [6.45, 7) is 6.57. The Bertz CT molecular complexity index is 477. The molecule has 2 atom stereocenters. The molecule has 0 saturated carbocycles. The third kappa shape index (κ3) is 3.39. The zero-order chi connectivity index (χ0) is 14.7. The highest BCUT2D eigenvalue weighted by molar-refractivity contribution is 5.42. The molecule has 1 heterocycles. The van der Waals surface area contributed by atoms with Crippen LogP contribution >= 0.6 is 0 Å². The molecule has 1 fully saturated rings. The van der Waals surface area contributed by atoms with Crippen LogP contribution in [0.1, 0.15) is 37.0 Å². The van der Waals surface area contributed by atoms with Crippen molar-refractivity contribution in [3.8, 4) is 5.75 Å². The number of morpholine rings is 1. The van der Waals surface area contributed by atoms with Crippen molar-refractivity contribution in [3.05, 3.63) is 29.3 Å². The molecule has 1 aromatic carbocycles. The van der Waals surface area contributed by atoms with Crippen LogP contribution in [0.2, 0.25) is 0 Å². The third-order valence-electron chi connectivity index (χ3n) is 4.53. The van der Waals surface area contributed by atoms with Crippen molar-refractivity contribution in [1.82, 2.24) is 4.90 Å². The van der Waals surface area contributed by atoms with Gasteiger partial charge in [-0.25, -0.2) is 0 Å². The molecule has 116 valence electrons. The van der Waals surface area contributed by atoms with Gasteiger partial charge in [-0.2, -0.15) is 0 Å². The Kier molecular flexibility index (Phi) is 4.78. The lowest BCUT2D eigenvalue weighted by molar-refractivity contribution is -0.0465. The summed E-state index contributed by atoms with van der Waals surface area (Å²) in [4.78, 5) is 2.39. The summed E-state index contributed by atoms with van der Waals surface area (Å²) in [5.74, 6) is 0.920. The molecular weight excluding hydrogens is 266 g/mol. The first-order chi connectivity index (χ1) is 10.3. The lowest BCUT2D eigenvalue weighted by atomic mass is 9.89. The van der Waals surface area contributed by atoms with Gasteiger partial charge in [0.05, 0.1) is 12.7 Å². The van der Waals surface area contributed by atoms with E-state index in [0.717, 1.165) is 56.8 Å². The molecule has 1 aromatic rings. The fourth-order valence-corrected chi connectivity index (χ4v) is 3.28. The van der Waals surface area contributed by atoms with Crippen molar-refractivity contribution in [1.29, 1.82) is 0 Å². The minimum Gasteiger partial charge on any atom is -0.491 e. The van der Waals surface area contributed by atoms with Gasteiger partial charge in [-0.3, -0.25) is 4.90 Å². The minimum atomic E-state index is -0.334. The number of aliphatic hydroxyl groups excluding tert-OH is 1. The Hall–Kier alpha value is -1.10. The Morgan fingerprint density at radius 3 is 3.19 bits per heavy atom. The maximum absolute atomic E-state index is 10.1. The van der Waals surface area contributed by atoms with Crippen LogP contribution in [0, 0.1) is 0 Å². The molecule has 1 aliphatic carbocycles. The van der Waals surface area contributed by atoms with Crippen molar-refractivity contribution in [2.45, 2.75) is 38.4 Å². The SMILES string of the molecule is CCN1CCOC(COc2cccc3c2CCCC3O)C1. The van der Waals surface area contributed by atoms with Crippen molar-refractivity contribution in [2.75, 3.05) is 32.8 Å². The van der Waals surface area contributed by atoms with E-state index in [1.165, 1.54) is 5.56 Å². The van der Waals surface area contributed by atoms with Crippen molar-refractivity contribution >= 4 is 0 Å². The summed E-state index contributed by atoms with van der Waals surface area (Å²) < 4.78 is 11.8. The van der Waals surface area contributed by atoms with E-state index in [2.05, 4.69) is 11.8 Å². The van der Waals surface area contributed by atoms with E-state index < -0.39 is 0 Å². The molecule has 4 heteroatoms. The first-order valence-corrected chi connectivity index (χ1v) is 8.04. The van der Waals surface area contributed by atoms with Gasteiger partial charge in [0.1, 0.15) is 18.5 Å². The van der Waals surface area contributed by atoms with Crippen molar-refractivity contribution in [3.63, 3.8) is 0 Å². The molecule has 2 unspecified atom stereocenters. The van der Waals surface area contributed by atoms with Gasteiger partial charge in [-0.15, -0.1) is 0 Å². The smallest absolute Gasteiger partial charge is 0.122 e. The highest BCUT2D eigenvalue weighted by atomic mass is 16.5. The molecule has 1 N–H and O–H groups in total. The van der Waals surface area contributed by atoms with E-state index in [0.29, 0.717) is 6.61 Å². The van der Waals surface area contributed by atoms with Crippen LogP contribution in [-0.4, -0.2) is 49.0 Å². The van der Waals surface area contributed by atoms with E-state index >= 15 is 0 Å². The number of aliphatic hydroxyl groups is 1. The quantitative estimate of drug-likeness (QED) is 0.923. The zero-order valence-corrected chi connectivity index (χ0v) is 12.8. The van der Waals surface area contributed by atoms with Crippen LogP contribution in [0.3, 0.4) is 0 Å². The second-order valence-corrected chi connectivity index (χ2v) is 5.93. The molecule has 0 spiro atoms. The summed E-state index contributed by atoms with van der Waals surface area (Å²) in [5.41, 5.74) is 2.22. The topological polar surface area (TPSA) is 41.9 Å². The van der Waals surface area contributed by atoms with Gasteiger partial charge in [0.15, 0.2) is 0 Å². The molecular formula is C17H25NO3. The van der Waals surface area contributed by atoms with Crippen LogP contribution in [0.4, 0.5) is 0 Å².